The molecule has 1 aromatic carbocycles. The van der Waals surface area contributed by atoms with Crippen molar-refractivity contribution in [3.63, 3.8) is 0 Å². The van der Waals surface area contributed by atoms with Gasteiger partial charge in [-0.25, -0.2) is 4.79 Å². The Hall–Kier alpha value is -2.51. The Morgan fingerprint density at radius 3 is 2.79 bits per heavy atom. The van der Waals surface area contributed by atoms with E-state index in [4.69, 9.17) is 25.8 Å². The predicted octanol–water partition coefficient (Wildman–Crippen LogP) is 3.21. The lowest BCUT2D eigenvalue weighted by Gasteiger charge is -2.14. The number of halogens is 1. The maximum absolute atomic E-state index is 12.6. The molecule has 0 spiro atoms. The van der Waals surface area contributed by atoms with Crippen molar-refractivity contribution in [3.05, 3.63) is 46.2 Å². The van der Waals surface area contributed by atoms with Crippen LogP contribution in [-0.4, -0.2) is 49.4 Å². The number of aryl methyl sites for hydroxylation is 1. The lowest BCUT2D eigenvalue weighted by molar-refractivity contribution is -0.124. The van der Waals surface area contributed by atoms with Crippen LogP contribution in [0.4, 0.5) is 0 Å². The van der Waals surface area contributed by atoms with Crippen molar-refractivity contribution in [3.8, 4) is 11.4 Å². The smallest absolute Gasteiger partial charge is 0.340 e. The summed E-state index contributed by atoms with van der Waals surface area (Å²) in [5.41, 5.74) is 2.60. The van der Waals surface area contributed by atoms with Crippen molar-refractivity contribution in [2.75, 3.05) is 26.9 Å². The number of hydrogen-bond donors (Lipinski definition) is 1. The second kappa shape index (κ2) is 9.33. The van der Waals surface area contributed by atoms with Gasteiger partial charge in [0.05, 0.1) is 24.5 Å². The number of ether oxygens (including phenoxy) is 3. The first-order valence-electron chi connectivity index (χ1n) is 9.49. The fourth-order valence-electron chi connectivity index (χ4n) is 3.47. The minimum absolute atomic E-state index is 0.0428. The van der Waals surface area contributed by atoms with E-state index >= 15 is 0 Å². The summed E-state index contributed by atoms with van der Waals surface area (Å²) in [5, 5.41) is 3.29. The summed E-state index contributed by atoms with van der Waals surface area (Å²) < 4.78 is 18.0. The van der Waals surface area contributed by atoms with Gasteiger partial charge in [-0.2, -0.15) is 0 Å². The molecule has 1 N–H and O–H groups in total. The number of methoxy groups -OCH3 is 1. The van der Waals surface area contributed by atoms with Crippen molar-refractivity contribution in [1.82, 2.24) is 9.88 Å². The van der Waals surface area contributed by atoms with Crippen LogP contribution in [0, 0.1) is 13.8 Å². The van der Waals surface area contributed by atoms with Gasteiger partial charge in [-0.1, -0.05) is 11.6 Å². The minimum atomic E-state index is -0.558. The molecule has 8 heteroatoms. The molecule has 1 aromatic heterocycles. The van der Waals surface area contributed by atoms with Crippen LogP contribution in [-0.2, 0) is 14.3 Å². The number of hydrogen-bond acceptors (Lipinski definition) is 5. The molecule has 29 heavy (non-hydrogen) atoms. The molecule has 1 fully saturated rings. The standard InChI is InChI=1S/C21H25ClN2O5/c1-13-9-17(14(2)24(13)18-10-15(22)6-7-19(18)27-3)21(26)29-12-20(25)23-11-16-5-4-8-28-16/h6-7,9-10,16H,4-5,8,11-12H2,1-3H3,(H,23,25). The SMILES string of the molecule is COc1ccc(Cl)cc1-n1c(C)cc(C(=O)OCC(=O)NCC2CCCO2)c1C. The van der Waals surface area contributed by atoms with Crippen LogP contribution >= 0.6 is 11.6 Å². The number of benzene rings is 1. The Balaban J connectivity index is 1.68. The van der Waals surface area contributed by atoms with Gasteiger partial charge in [-0.15, -0.1) is 0 Å². The van der Waals surface area contributed by atoms with Crippen molar-refractivity contribution in [2.24, 2.45) is 0 Å². The normalized spacial score (nSPS) is 15.9. The average Bonchev–Trinajstić information content (AvgIpc) is 3.32. The van der Waals surface area contributed by atoms with Gasteiger partial charge in [0.1, 0.15) is 5.75 Å². The Bertz CT molecular complexity index is 903. The molecule has 0 bridgehead atoms. The first-order chi connectivity index (χ1) is 13.9. The van der Waals surface area contributed by atoms with Gasteiger partial charge in [0.2, 0.25) is 0 Å². The molecular weight excluding hydrogens is 396 g/mol. The number of aromatic nitrogens is 1. The van der Waals surface area contributed by atoms with Crippen molar-refractivity contribution < 1.29 is 23.8 Å². The zero-order chi connectivity index (χ0) is 21.0. The van der Waals surface area contributed by atoms with Gasteiger partial charge in [-0.3, -0.25) is 4.79 Å². The van der Waals surface area contributed by atoms with Gasteiger partial charge in [0.15, 0.2) is 6.61 Å². The van der Waals surface area contributed by atoms with Gasteiger partial charge in [-0.05, 0) is 51.0 Å². The second-order valence-corrected chi connectivity index (χ2v) is 7.39. The third-order valence-electron chi connectivity index (χ3n) is 4.92. The molecule has 0 saturated carbocycles. The molecule has 156 valence electrons. The van der Waals surface area contributed by atoms with Crippen molar-refractivity contribution in [2.45, 2.75) is 32.8 Å². The Kier molecular flexibility index (Phi) is 6.82. The third-order valence-corrected chi connectivity index (χ3v) is 5.15. The van der Waals surface area contributed by atoms with Crippen LogP contribution < -0.4 is 10.1 Å². The maximum atomic E-state index is 12.6. The van der Waals surface area contributed by atoms with Gasteiger partial charge in [0.25, 0.3) is 5.91 Å². The van der Waals surface area contributed by atoms with Crippen LogP contribution in [0.5, 0.6) is 5.75 Å². The summed E-state index contributed by atoms with van der Waals surface area (Å²) >= 11 is 6.15. The van der Waals surface area contributed by atoms with Crippen molar-refractivity contribution in [1.29, 1.82) is 0 Å². The Morgan fingerprint density at radius 2 is 2.10 bits per heavy atom. The molecule has 1 atom stereocenters. The summed E-state index contributed by atoms with van der Waals surface area (Å²) in [7, 11) is 1.57. The molecular formula is C21H25ClN2O5. The molecule has 1 aliphatic rings. The quantitative estimate of drug-likeness (QED) is 0.696. The summed E-state index contributed by atoms with van der Waals surface area (Å²) in [6, 6.07) is 7.01. The summed E-state index contributed by atoms with van der Waals surface area (Å²) in [6.07, 6.45) is 1.97. The number of nitrogens with zero attached hydrogens (tertiary/aromatic N) is 1. The van der Waals surface area contributed by atoms with Crippen LogP contribution in [0.1, 0.15) is 34.6 Å². The molecule has 2 heterocycles. The number of carbonyl (C=O) groups excluding carboxylic acids is 2. The minimum Gasteiger partial charge on any atom is -0.495 e. The molecule has 0 radical (unpaired) electrons. The molecule has 0 aliphatic carbocycles. The van der Waals surface area contributed by atoms with E-state index in [1.165, 1.54) is 0 Å². The fraction of sp³-hybridized carbons (Fsp3) is 0.429. The van der Waals surface area contributed by atoms with E-state index in [2.05, 4.69) is 5.32 Å². The zero-order valence-electron chi connectivity index (χ0n) is 16.8. The van der Waals surface area contributed by atoms with E-state index < -0.39 is 5.97 Å². The largest absolute Gasteiger partial charge is 0.495 e. The fourth-order valence-corrected chi connectivity index (χ4v) is 3.64. The van der Waals surface area contributed by atoms with E-state index in [1.807, 2.05) is 11.5 Å². The number of carbonyl (C=O) groups is 2. The van der Waals surface area contributed by atoms with Crippen molar-refractivity contribution >= 4 is 23.5 Å². The summed E-state index contributed by atoms with van der Waals surface area (Å²) in [5.74, 6) is -0.276. The summed E-state index contributed by atoms with van der Waals surface area (Å²) in [6.45, 7) is 4.50. The molecule has 2 aromatic rings. The van der Waals surface area contributed by atoms with E-state index in [1.54, 1.807) is 38.3 Å². The topological polar surface area (TPSA) is 78.8 Å². The van der Waals surface area contributed by atoms with Gasteiger partial charge >= 0.3 is 5.97 Å². The first kappa shape index (κ1) is 21.2. The highest BCUT2D eigenvalue weighted by atomic mass is 35.5. The predicted molar refractivity (Wildman–Crippen MR) is 109 cm³/mol. The molecule has 1 aliphatic heterocycles. The lowest BCUT2D eigenvalue weighted by Crippen LogP contribution is -2.34. The number of esters is 1. The molecule has 1 saturated heterocycles. The van der Waals surface area contributed by atoms with E-state index in [9.17, 15) is 9.59 Å². The van der Waals surface area contributed by atoms with E-state index in [0.717, 1.165) is 30.8 Å². The maximum Gasteiger partial charge on any atom is 0.340 e. The van der Waals surface area contributed by atoms with E-state index in [-0.39, 0.29) is 18.6 Å². The lowest BCUT2D eigenvalue weighted by atomic mass is 10.2. The van der Waals surface area contributed by atoms with Crippen LogP contribution in [0.2, 0.25) is 5.02 Å². The highest BCUT2D eigenvalue weighted by Crippen LogP contribution is 2.30. The number of nitrogens with one attached hydrogen (secondary N) is 1. The molecule has 3 rings (SSSR count). The highest BCUT2D eigenvalue weighted by Gasteiger charge is 2.21. The number of amides is 1. The highest BCUT2D eigenvalue weighted by molar-refractivity contribution is 6.30. The second-order valence-electron chi connectivity index (χ2n) is 6.95. The molecule has 7 nitrogen and oxygen atoms in total. The third kappa shape index (κ3) is 4.92. The van der Waals surface area contributed by atoms with Crippen LogP contribution in [0.25, 0.3) is 5.69 Å². The van der Waals surface area contributed by atoms with Gasteiger partial charge < -0.3 is 24.1 Å². The van der Waals surface area contributed by atoms with Crippen LogP contribution in [0.15, 0.2) is 24.3 Å². The Morgan fingerprint density at radius 1 is 1.31 bits per heavy atom. The molecule has 1 amide bonds. The molecule has 1 unspecified atom stereocenters. The Labute approximate surface area is 174 Å². The van der Waals surface area contributed by atoms with E-state index in [0.29, 0.717) is 28.6 Å². The first-order valence-corrected chi connectivity index (χ1v) is 9.86. The average molecular weight is 421 g/mol. The monoisotopic (exact) mass is 420 g/mol. The zero-order valence-corrected chi connectivity index (χ0v) is 17.5. The van der Waals surface area contributed by atoms with Crippen LogP contribution in [0.3, 0.4) is 0 Å². The number of rotatable bonds is 7. The summed E-state index contributed by atoms with van der Waals surface area (Å²) in [4.78, 5) is 24.5. The van der Waals surface area contributed by atoms with Gasteiger partial charge in [0, 0.05) is 29.6 Å².